The molecule has 1 heterocycles. The lowest BCUT2D eigenvalue weighted by Gasteiger charge is -2.16. The Morgan fingerprint density at radius 1 is 1.65 bits per heavy atom. The lowest BCUT2D eigenvalue weighted by atomic mass is 10.1. The zero-order chi connectivity index (χ0) is 12.4. The largest absolute Gasteiger partial charge is 0.348 e. The van der Waals surface area contributed by atoms with Crippen molar-refractivity contribution in [3.63, 3.8) is 0 Å². The van der Waals surface area contributed by atoms with E-state index in [4.69, 9.17) is 0 Å². The van der Waals surface area contributed by atoms with E-state index in [1.165, 1.54) is 12.8 Å². The maximum atomic E-state index is 12.1. The van der Waals surface area contributed by atoms with Crippen molar-refractivity contribution >= 4 is 21.8 Å². The molecule has 1 fully saturated rings. The van der Waals surface area contributed by atoms with Crippen molar-refractivity contribution in [1.29, 1.82) is 0 Å². The number of hydrogen-bond acceptors (Lipinski definition) is 1. The summed E-state index contributed by atoms with van der Waals surface area (Å²) < 4.78 is 2.80. The van der Waals surface area contributed by atoms with Crippen LogP contribution in [0.4, 0.5) is 0 Å². The normalized spacial score (nSPS) is 16.9. The van der Waals surface area contributed by atoms with Gasteiger partial charge < -0.3 is 9.88 Å². The maximum Gasteiger partial charge on any atom is 0.268 e. The second-order valence-electron chi connectivity index (χ2n) is 4.91. The fourth-order valence-corrected chi connectivity index (χ4v) is 2.62. The van der Waals surface area contributed by atoms with Gasteiger partial charge in [0.25, 0.3) is 5.91 Å². The van der Waals surface area contributed by atoms with Crippen molar-refractivity contribution in [2.75, 3.05) is 0 Å². The second-order valence-corrected chi connectivity index (χ2v) is 5.83. The fraction of sp³-hybridized carbons (Fsp3) is 0.615. The Morgan fingerprint density at radius 2 is 2.35 bits per heavy atom. The summed E-state index contributed by atoms with van der Waals surface area (Å²) in [5, 5.41) is 3.13. The molecule has 17 heavy (non-hydrogen) atoms. The Kier molecular flexibility index (Phi) is 3.92. The molecule has 1 amide bonds. The number of amides is 1. The van der Waals surface area contributed by atoms with Gasteiger partial charge in [0.15, 0.2) is 0 Å². The molecule has 1 atom stereocenters. The van der Waals surface area contributed by atoms with Gasteiger partial charge >= 0.3 is 0 Å². The van der Waals surface area contributed by atoms with Crippen LogP contribution in [0.2, 0.25) is 0 Å². The minimum Gasteiger partial charge on any atom is -0.348 e. The van der Waals surface area contributed by atoms with Crippen LogP contribution in [-0.2, 0) is 7.05 Å². The summed E-state index contributed by atoms with van der Waals surface area (Å²) in [7, 11) is 1.89. The Balaban J connectivity index is 1.96. The first-order valence-corrected chi connectivity index (χ1v) is 7.02. The van der Waals surface area contributed by atoms with Crippen molar-refractivity contribution in [1.82, 2.24) is 9.88 Å². The summed E-state index contributed by atoms with van der Waals surface area (Å²) in [5.74, 6) is 0.881. The Morgan fingerprint density at radius 3 is 2.82 bits per heavy atom. The van der Waals surface area contributed by atoms with Crippen LogP contribution in [-0.4, -0.2) is 16.5 Å². The van der Waals surface area contributed by atoms with Crippen LogP contribution in [0.3, 0.4) is 0 Å². The van der Waals surface area contributed by atoms with Gasteiger partial charge in [0.05, 0.1) is 0 Å². The van der Waals surface area contributed by atoms with Crippen molar-refractivity contribution in [2.24, 2.45) is 13.0 Å². The molecule has 0 spiro atoms. The third-order valence-corrected chi connectivity index (χ3v) is 3.78. The lowest BCUT2D eigenvalue weighted by Crippen LogP contribution is -2.35. The predicted molar refractivity (Wildman–Crippen MR) is 72.0 cm³/mol. The van der Waals surface area contributed by atoms with Gasteiger partial charge in [0, 0.05) is 23.8 Å². The molecule has 3 nitrogen and oxygen atoms in total. The number of aryl methyl sites for hydroxylation is 1. The third kappa shape index (κ3) is 3.35. The van der Waals surface area contributed by atoms with E-state index in [-0.39, 0.29) is 5.91 Å². The van der Waals surface area contributed by atoms with Crippen molar-refractivity contribution < 1.29 is 4.79 Å². The van der Waals surface area contributed by atoms with E-state index in [9.17, 15) is 4.79 Å². The molecule has 0 saturated heterocycles. The third-order valence-electron chi connectivity index (χ3n) is 3.35. The first kappa shape index (κ1) is 12.7. The average molecular weight is 299 g/mol. The zero-order valence-corrected chi connectivity index (χ0v) is 12.0. The highest BCUT2D eigenvalue weighted by molar-refractivity contribution is 9.10. The van der Waals surface area contributed by atoms with Crippen molar-refractivity contribution in [2.45, 2.75) is 38.6 Å². The molecule has 1 aromatic rings. The molecule has 1 aliphatic carbocycles. The molecule has 0 aromatic carbocycles. The average Bonchev–Trinajstić information content (AvgIpc) is 3.02. The summed E-state index contributed by atoms with van der Waals surface area (Å²) in [6.45, 7) is 2.13. The van der Waals surface area contributed by atoms with Gasteiger partial charge in [0.1, 0.15) is 5.69 Å². The van der Waals surface area contributed by atoms with Crippen LogP contribution in [0.1, 0.15) is 43.1 Å². The van der Waals surface area contributed by atoms with E-state index in [2.05, 4.69) is 28.2 Å². The van der Waals surface area contributed by atoms with Crippen LogP contribution >= 0.6 is 15.9 Å². The van der Waals surface area contributed by atoms with Crippen LogP contribution in [0.5, 0.6) is 0 Å². The first-order chi connectivity index (χ1) is 8.10. The van der Waals surface area contributed by atoms with Gasteiger partial charge in [-0.3, -0.25) is 4.79 Å². The number of carbonyl (C=O) groups excluding carboxylic acids is 1. The molecule has 0 bridgehead atoms. The van der Waals surface area contributed by atoms with E-state index in [0.717, 1.165) is 23.2 Å². The molecule has 1 aromatic heterocycles. The van der Waals surface area contributed by atoms with Crippen LogP contribution < -0.4 is 5.32 Å². The molecule has 0 radical (unpaired) electrons. The predicted octanol–water partition coefficient (Wildman–Crippen LogP) is 3.10. The summed E-state index contributed by atoms with van der Waals surface area (Å²) in [6.07, 6.45) is 6.71. The van der Waals surface area contributed by atoms with E-state index < -0.39 is 0 Å². The van der Waals surface area contributed by atoms with Gasteiger partial charge in [-0.25, -0.2) is 0 Å². The first-order valence-electron chi connectivity index (χ1n) is 6.23. The number of nitrogens with zero attached hydrogens (tertiary/aromatic N) is 1. The smallest absolute Gasteiger partial charge is 0.268 e. The highest BCUT2D eigenvalue weighted by atomic mass is 79.9. The molecular formula is C13H19BrN2O. The highest BCUT2D eigenvalue weighted by Crippen LogP contribution is 2.34. The monoisotopic (exact) mass is 298 g/mol. The van der Waals surface area contributed by atoms with Gasteiger partial charge in [-0.2, -0.15) is 0 Å². The quantitative estimate of drug-likeness (QED) is 0.890. The summed E-state index contributed by atoms with van der Waals surface area (Å²) in [6, 6.07) is 2.18. The van der Waals surface area contributed by atoms with Gasteiger partial charge in [-0.15, -0.1) is 0 Å². The highest BCUT2D eigenvalue weighted by Gasteiger charge is 2.26. The Labute approximate surface area is 111 Å². The molecule has 0 aliphatic heterocycles. The van der Waals surface area contributed by atoms with E-state index in [1.807, 2.05) is 23.9 Å². The summed E-state index contributed by atoms with van der Waals surface area (Å²) in [5.41, 5.74) is 0.714. The number of rotatable bonds is 5. The van der Waals surface area contributed by atoms with Gasteiger partial charge in [0.2, 0.25) is 0 Å². The number of hydrogen-bond donors (Lipinski definition) is 1. The molecular weight excluding hydrogens is 280 g/mol. The molecule has 1 saturated carbocycles. The van der Waals surface area contributed by atoms with Crippen molar-refractivity contribution in [3.05, 3.63) is 22.4 Å². The van der Waals surface area contributed by atoms with E-state index >= 15 is 0 Å². The molecule has 4 heteroatoms. The van der Waals surface area contributed by atoms with Crippen LogP contribution in [0, 0.1) is 5.92 Å². The molecule has 1 aliphatic rings. The molecule has 94 valence electrons. The minimum atomic E-state index is 0.0331. The minimum absolute atomic E-state index is 0.0331. The molecule has 1 unspecified atom stereocenters. The Hall–Kier alpha value is -0.770. The summed E-state index contributed by atoms with van der Waals surface area (Å²) >= 11 is 3.38. The SMILES string of the molecule is CCC(CC1CC1)NC(=O)c1cc(Br)cn1C. The molecule has 1 N–H and O–H groups in total. The number of nitrogens with one attached hydrogen (secondary N) is 1. The standard InChI is InChI=1S/C13H19BrN2O/c1-3-11(6-9-4-5-9)15-13(17)12-7-10(14)8-16(12)2/h7-9,11H,3-6H2,1-2H3,(H,15,17). The fourth-order valence-electron chi connectivity index (χ4n) is 2.09. The number of halogens is 1. The van der Waals surface area contributed by atoms with Crippen LogP contribution in [0.25, 0.3) is 0 Å². The summed E-state index contributed by atoms with van der Waals surface area (Å²) in [4.78, 5) is 12.1. The van der Waals surface area contributed by atoms with Gasteiger partial charge in [-0.1, -0.05) is 19.8 Å². The van der Waals surface area contributed by atoms with Gasteiger partial charge in [-0.05, 0) is 40.8 Å². The topological polar surface area (TPSA) is 34.0 Å². The van der Waals surface area contributed by atoms with E-state index in [1.54, 1.807) is 0 Å². The Bertz CT molecular complexity index is 410. The zero-order valence-electron chi connectivity index (χ0n) is 10.4. The number of carbonyl (C=O) groups is 1. The maximum absolute atomic E-state index is 12.1. The van der Waals surface area contributed by atoms with Crippen LogP contribution in [0.15, 0.2) is 16.7 Å². The van der Waals surface area contributed by atoms with E-state index in [0.29, 0.717) is 11.7 Å². The lowest BCUT2D eigenvalue weighted by molar-refractivity contribution is 0.0924. The molecule has 2 rings (SSSR count). The van der Waals surface area contributed by atoms with Crippen molar-refractivity contribution in [3.8, 4) is 0 Å². The number of aromatic nitrogens is 1. The second kappa shape index (κ2) is 5.25.